The molecule has 4 heteroatoms. The zero-order chi connectivity index (χ0) is 15.2. The molecule has 0 aliphatic carbocycles. The minimum absolute atomic E-state index is 0.129. The van der Waals surface area contributed by atoms with Crippen molar-refractivity contribution in [1.82, 2.24) is 0 Å². The lowest BCUT2D eigenvalue weighted by atomic mass is 10.1. The zero-order valence-corrected chi connectivity index (χ0v) is 12.5. The summed E-state index contributed by atoms with van der Waals surface area (Å²) in [6, 6.07) is 16.6. The van der Waals surface area contributed by atoms with Crippen LogP contribution in [0, 0.1) is 18.3 Å². The van der Waals surface area contributed by atoms with Gasteiger partial charge in [0, 0.05) is 22.8 Å². The number of para-hydroxylation sites is 1. The maximum atomic E-state index is 12.7. The maximum absolute atomic E-state index is 12.7. The van der Waals surface area contributed by atoms with Crippen molar-refractivity contribution in [2.24, 2.45) is 0 Å². The van der Waals surface area contributed by atoms with Crippen LogP contribution >= 0.6 is 11.6 Å². The fourth-order valence-electron chi connectivity index (χ4n) is 2.05. The van der Waals surface area contributed by atoms with Crippen LogP contribution in [0.1, 0.15) is 22.3 Å². The van der Waals surface area contributed by atoms with Crippen LogP contribution in [0.4, 0.5) is 5.69 Å². The first kappa shape index (κ1) is 15.1. The molecule has 0 spiro atoms. The van der Waals surface area contributed by atoms with Crippen molar-refractivity contribution in [3.63, 3.8) is 0 Å². The molecular weight excluding hydrogens is 284 g/mol. The third-order valence-corrected chi connectivity index (χ3v) is 3.59. The molecule has 106 valence electrons. The van der Waals surface area contributed by atoms with Crippen LogP contribution in [-0.2, 0) is 0 Å². The Kier molecular flexibility index (Phi) is 4.97. The van der Waals surface area contributed by atoms with Crippen molar-refractivity contribution in [3.05, 3.63) is 64.7 Å². The van der Waals surface area contributed by atoms with E-state index in [2.05, 4.69) is 6.07 Å². The monoisotopic (exact) mass is 298 g/mol. The van der Waals surface area contributed by atoms with Gasteiger partial charge >= 0.3 is 0 Å². The Morgan fingerprint density at radius 3 is 2.57 bits per heavy atom. The number of nitriles is 1. The highest BCUT2D eigenvalue weighted by Gasteiger charge is 2.17. The van der Waals surface area contributed by atoms with Crippen molar-refractivity contribution in [1.29, 1.82) is 5.26 Å². The molecule has 0 N–H and O–H groups in total. The van der Waals surface area contributed by atoms with Crippen LogP contribution in [0.2, 0.25) is 5.02 Å². The lowest BCUT2D eigenvalue weighted by Crippen LogP contribution is -2.31. The van der Waals surface area contributed by atoms with Crippen LogP contribution in [-0.4, -0.2) is 12.5 Å². The summed E-state index contributed by atoms with van der Waals surface area (Å²) in [6.45, 7) is 2.22. The minimum atomic E-state index is -0.129. The quantitative estimate of drug-likeness (QED) is 0.848. The van der Waals surface area contributed by atoms with Crippen LogP contribution in [0.3, 0.4) is 0 Å². The van der Waals surface area contributed by atoms with Gasteiger partial charge in [0.2, 0.25) is 0 Å². The predicted octanol–water partition coefficient (Wildman–Crippen LogP) is 4.21. The first-order chi connectivity index (χ1) is 10.1. The standard InChI is InChI=1S/C17H15ClN2O/c1-13-12-14(8-9-16(13)18)17(21)20(11-5-10-19)15-6-3-2-4-7-15/h2-4,6-9,12H,5,11H2,1H3. The Morgan fingerprint density at radius 1 is 1.24 bits per heavy atom. The molecule has 0 aromatic heterocycles. The van der Waals surface area contributed by atoms with Gasteiger partial charge in [-0.2, -0.15) is 5.26 Å². The summed E-state index contributed by atoms with van der Waals surface area (Å²) in [4.78, 5) is 14.3. The fourth-order valence-corrected chi connectivity index (χ4v) is 2.17. The number of amides is 1. The van der Waals surface area contributed by atoms with Crippen molar-refractivity contribution < 1.29 is 4.79 Å². The summed E-state index contributed by atoms with van der Waals surface area (Å²) in [6.07, 6.45) is 0.285. The number of hydrogen-bond donors (Lipinski definition) is 0. The molecular formula is C17H15ClN2O. The Balaban J connectivity index is 2.34. The molecule has 0 fully saturated rings. The second kappa shape index (κ2) is 6.92. The number of anilines is 1. The van der Waals surface area contributed by atoms with Crippen molar-refractivity contribution in [2.45, 2.75) is 13.3 Å². The molecule has 21 heavy (non-hydrogen) atoms. The Bertz CT molecular complexity index is 677. The molecule has 0 heterocycles. The average molecular weight is 299 g/mol. The van der Waals surface area contributed by atoms with Crippen LogP contribution in [0.15, 0.2) is 48.5 Å². The van der Waals surface area contributed by atoms with Gasteiger partial charge in [-0.15, -0.1) is 0 Å². The predicted molar refractivity (Wildman–Crippen MR) is 84.5 cm³/mol. The lowest BCUT2D eigenvalue weighted by Gasteiger charge is -2.22. The van der Waals surface area contributed by atoms with E-state index >= 15 is 0 Å². The van der Waals surface area contributed by atoms with E-state index < -0.39 is 0 Å². The molecule has 0 atom stereocenters. The molecule has 3 nitrogen and oxygen atoms in total. The van der Waals surface area contributed by atoms with Crippen LogP contribution in [0.25, 0.3) is 0 Å². The molecule has 0 aliphatic rings. The van der Waals surface area contributed by atoms with Gasteiger partial charge in [0.05, 0.1) is 12.5 Å². The number of rotatable bonds is 4. The largest absolute Gasteiger partial charge is 0.307 e. The summed E-state index contributed by atoms with van der Waals surface area (Å²) in [5, 5.41) is 9.42. The number of hydrogen-bond acceptors (Lipinski definition) is 2. The Labute approximate surface area is 129 Å². The van der Waals surface area contributed by atoms with Gasteiger partial charge in [0.25, 0.3) is 5.91 Å². The lowest BCUT2D eigenvalue weighted by molar-refractivity contribution is 0.0987. The van der Waals surface area contributed by atoms with E-state index in [1.54, 1.807) is 23.1 Å². The van der Waals surface area contributed by atoms with Gasteiger partial charge < -0.3 is 4.90 Å². The van der Waals surface area contributed by atoms with Gasteiger partial charge in [0.15, 0.2) is 0 Å². The normalized spacial score (nSPS) is 9.95. The van der Waals surface area contributed by atoms with Gasteiger partial charge in [-0.3, -0.25) is 4.79 Å². The van der Waals surface area contributed by atoms with E-state index in [1.807, 2.05) is 37.3 Å². The van der Waals surface area contributed by atoms with Crippen molar-refractivity contribution >= 4 is 23.2 Å². The third-order valence-electron chi connectivity index (χ3n) is 3.17. The van der Waals surface area contributed by atoms with E-state index in [4.69, 9.17) is 16.9 Å². The number of carbonyl (C=O) groups is 1. The van der Waals surface area contributed by atoms with Gasteiger partial charge in [-0.1, -0.05) is 29.8 Å². The number of aryl methyl sites for hydroxylation is 1. The first-order valence-corrected chi connectivity index (χ1v) is 7.01. The van der Waals surface area contributed by atoms with E-state index in [0.29, 0.717) is 17.1 Å². The molecule has 0 saturated heterocycles. The number of halogens is 1. The molecule has 0 unspecified atom stereocenters. The summed E-state index contributed by atoms with van der Waals surface area (Å²) in [5.41, 5.74) is 2.21. The topological polar surface area (TPSA) is 44.1 Å². The fraction of sp³-hybridized carbons (Fsp3) is 0.176. The van der Waals surface area contributed by atoms with E-state index in [1.165, 1.54) is 0 Å². The number of benzene rings is 2. The third kappa shape index (κ3) is 3.62. The summed E-state index contributed by atoms with van der Waals surface area (Å²) in [5.74, 6) is -0.129. The van der Waals surface area contributed by atoms with Crippen LogP contribution in [0.5, 0.6) is 0 Å². The molecule has 2 rings (SSSR count). The molecule has 2 aromatic carbocycles. The smallest absolute Gasteiger partial charge is 0.258 e. The van der Waals surface area contributed by atoms with E-state index in [-0.39, 0.29) is 12.3 Å². The maximum Gasteiger partial charge on any atom is 0.258 e. The van der Waals surface area contributed by atoms with E-state index in [9.17, 15) is 4.79 Å². The molecule has 0 bridgehead atoms. The van der Waals surface area contributed by atoms with Gasteiger partial charge in [-0.05, 0) is 42.8 Å². The molecule has 0 saturated carbocycles. The van der Waals surface area contributed by atoms with Gasteiger partial charge in [-0.25, -0.2) is 0 Å². The second-order valence-electron chi connectivity index (χ2n) is 4.66. The highest BCUT2D eigenvalue weighted by Crippen LogP contribution is 2.21. The number of nitrogens with zero attached hydrogens (tertiary/aromatic N) is 2. The molecule has 0 radical (unpaired) electrons. The second-order valence-corrected chi connectivity index (χ2v) is 5.07. The van der Waals surface area contributed by atoms with Gasteiger partial charge in [0.1, 0.15) is 0 Å². The molecule has 0 aliphatic heterocycles. The summed E-state index contributed by atoms with van der Waals surface area (Å²) in [7, 11) is 0. The highest BCUT2D eigenvalue weighted by molar-refractivity contribution is 6.31. The first-order valence-electron chi connectivity index (χ1n) is 6.63. The molecule has 2 aromatic rings. The Morgan fingerprint density at radius 2 is 1.95 bits per heavy atom. The SMILES string of the molecule is Cc1cc(C(=O)N(CCC#N)c2ccccc2)ccc1Cl. The average Bonchev–Trinajstić information content (AvgIpc) is 2.51. The number of carbonyl (C=O) groups excluding carboxylic acids is 1. The highest BCUT2D eigenvalue weighted by atomic mass is 35.5. The summed E-state index contributed by atoms with van der Waals surface area (Å²) < 4.78 is 0. The Hall–Kier alpha value is -2.31. The zero-order valence-electron chi connectivity index (χ0n) is 11.7. The summed E-state index contributed by atoms with van der Waals surface area (Å²) >= 11 is 6.00. The van der Waals surface area contributed by atoms with Crippen LogP contribution < -0.4 is 4.90 Å². The van der Waals surface area contributed by atoms with Crippen molar-refractivity contribution in [3.8, 4) is 6.07 Å². The van der Waals surface area contributed by atoms with E-state index in [0.717, 1.165) is 11.3 Å². The molecule has 1 amide bonds. The van der Waals surface area contributed by atoms with Crippen molar-refractivity contribution in [2.75, 3.05) is 11.4 Å². The minimum Gasteiger partial charge on any atom is -0.307 e.